The first-order valence-electron chi connectivity index (χ1n) is 13.5. The molecule has 0 saturated heterocycles. The first kappa shape index (κ1) is 4.05. The zero-order valence-electron chi connectivity index (χ0n) is 26.6. The average molecular weight is 299 g/mol. The standard InChI is InChI=1S/C13H19FN4O2/c1-13(2,14)6-4-5-7-18-11(19)9-10(16-8-15-9)17(3)12(18)20/h8H,4-7H2,1-3H3,(H,15,16)/i1D3,2D3,3D3,4D2,5D2,6D2,7D2. The first-order valence-corrected chi connectivity index (χ1v) is 4.96. The molecule has 0 saturated carbocycles. The molecule has 2 aromatic heterocycles. The number of aromatic amines is 1. The fraction of sp³-hybridized carbons (Fsp3) is 0.615. The highest BCUT2D eigenvalue weighted by atomic mass is 19.1. The summed E-state index contributed by atoms with van der Waals surface area (Å²) in [5.41, 5.74) is -10.7. The zero-order valence-corrected chi connectivity index (χ0v) is 9.61. The van der Waals surface area contributed by atoms with E-state index in [2.05, 4.69) is 9.97 Å². The van der Waals surface area contributed by atoms with Crippen molar-refractivity contribution in [2.45, 2.75) is 45.0 Å². The Morgan fingerprint density at radius 2 is 2.30 bits per heavy atom. The third kappa shape index (κ3) is 2.81. The van der Waals surface area contributed by atoms with Crippen molar-refractivity contribution >= 4 is 11.2 Å². The van der Waals surface area contributed by atoms with Crippen LogP contribution < -0.4 is 11.2 Å². The number of hydrogen-bond donors (Lipinski definition) is 1. The van der Waals surface area contributed by atoms with Gasteiger partial charge in [0.25, 0.3) is 5.56 Å². The van der Waals surface area contributed by atoms with Crippen molar-refractivity contribution in [3.8, 4) is 0 Å². The van der Waals surface area contributed by atoms with E-state index in [4.69, 9.17) is 23.3 Å². The lowest BCUT2D eigenvalue weighted by Crippen LogP contribution is -2.39. The van der Waals surface area contributed by atoms with Crippen LogP contribution in [-0.4, -0.2) is 24.8 Å². The molecule has 0 fully saturated rings. The Morgan fingerprint density at radius 1 is 1.50 bits per heavy atom. The second-order valence-corrected chi connectivity index (χ2v) is 3.50. The van der Waals surface area contributed by atoms with Gasteiger partial charge in [0.15, 0.2) is 5.65 Å². The van der Waals surface area contributed by atoms with Crippen LogP contribution in [-0.2, 0) is 13.5 Å². The Morgan fingerprint density at radius 3 is 3.00 bits per heavy atom. The number of imidazole rings is 1. The normalized spacial score (nSPS) is 29.6. The highest BCUT2D eigenvalue weighted by Crippen LogP contribution is 2.17. The van der Waals surface area contributed by atoms with Gasteiger partial charge in [0.2, 0.25) is 0 Å². The summed E-state index contributed by atoms with van der Waals surface area (Å²) in [7, 11) is 0. The van der Waals surface area contributed by atoms with Crippen molar-refractivity contribution < 1.29 is 27.7 Å². The average Bonchev–Trinajstić information content (AvgIpc) is 3.13. The lowest BCUT2D eigenvalue weighted by Gasteiger charge is -2.13. The molecule has 0 radical (unpaired) electrons. The van der Waals surface area contributed by atoms with E-state index < -0.39 is 78.9 Å². The summed E-state index contributed by atoms with van der Waals surface area (Å²) in [4.78, 5) is 31.4. The van der Waals surface area contributed by atoms with E-state index in [0.717, 1.165) is 6.33 Å². The lowest BCUT2D eigenvalue weighted by molar-refractivity contribution is 0.195. The van der Waals surface area contributed by atoms with Gasteiger partial charge < -0.3 is 4.98 Å². The molecule has 0 spiro atoms. The number of nitrogens with one attached hydrogen (secondary N) is 1. The second-order valence-electron chi connectivity index (χ2n) is 3.50. The molecule has 2 rings (SSSR count). The number of aryl methyl sites for hydroxylation is 1. The number of aromatic nitrogens is 4. The molecule has 0 aliphatic rings. The third-order valence-electron chi connectivity index (χ3n) is 2.10. The molecule has 7 heteroatoms. The van der Waals surface area contributed by atoms with Crippen molar-refractivity contribution in [1.82, 2.24) is 19.1 Å². The van der Waals surface area contributed by atoms with Gasteiger partial charge in [-0.1, -0.05) is 0 Å². The van der Waals surface area contributed by atoms with E-state index in [-0.39, 0.29) is 4.57 Å². The summed E-state index contributed by atoms with van der Waals surface area (Å²) in [5, 5.41) is 0. The van der Waals surface area contributed by atoms with Crippen molar-refractivity contribution in [2.24, 2.45) is 6.98 Å². The molecule has 0 atom stereocenters. The second kappa shape index (κ2) is 5.22. The Kier molecular flexibility index (Phi) is 1.06. The largest absolute Gasteiger partial charge is 0.339 e. The Balaban J connectivity index is 3.00. The van der Waals surface area contributed by atoms with E-state index in [1.165, 1.54) is 0 Å². The Bertz CT molecular complexity index is 1300. The van der Waals surface area contributed by atoms with Gasteiger partial charge in [0.1, 0.15) is 11.2 Å². The summed E-state index contributed by atoms with van der Waals surface area (Å²) in [5.74, 6) is 0. The van der Waals surface area contributed by atoms with Crippen LogP contribution in [0.25, 0.3) is 11.2 Å². The SMILES string of the molecule is [2H]C([2H])([2H])n1c(=O)n(C([2H])([2H])C([2H])([2H])C([2H])([2H])C([2H])([2H])C(F)(C([2H])([2H])[2H])C([2H])([2H])[2H])c(=O)c2[nH]cnc21. The van der Waals surface area contributed by atoms with Gasteiger partial charge in [0, 0.05) is 34.0 Å². The number of fused-ring (bicyclic) bond motifs is 1. The minimum atomic E-state index is -5.14. The fourth-order valence-corrected chi connectivity index (χ4v) is 1.30. The van der Waals surface area contributed by atoms with Crippen molar-refractivity contribution in [3.63, 3.8) is 0 Å². The van der Waals surface area contributed by atoms with Gasteiger partial charge in [-0.3, -0.25) is 13.9 Å². The number of halogens is 1. The maximum atomic E-state index is 15.7. The summed E-state index contributed by atoms with van der Waals surface area (Å²) < 4.78 is 145. The molecule has 110 valence electrons. The smallest absolute Gasteiger partial charge is 0.332 e. The maximum Gasteiger partial charge on any atom is 0.332 e. The molecular weight excluding hydrogens is 263 g/mol. The summed E-state index contributed by atoms with van der Waals surface area (Å²) in [6.45, 7) is -16.8. The molecule has 0 bridgehead atoms. The Labute approximate surface area is 139 Å². The van der Waals surface area contributed by atoms with Crippen LogP contribution >= 0.6 is 0 Å². The molecule has 0 aromatic carbocycles. The van der Waals surface area contributed by atoms with Crippen LogP contribution in [0.4, 0.5) is 4.39 Å². The third-order valence-corrected chi connectivity index (χ3v) is 2.10. The van der Waals surface area contributed by atoms with E-state index in [1.807, 2.05) is 0 Å². The minimum Gasteiger partial charge on any atom is -0.339 e. The van der Waals surface area contributed by atoms with E-state index in [0.29, 0.717) is 0 Å². The van der Waals surface area contributed by atoms with Crippen LogP contribution in [0.1, 0.15) is 56.1 Å². The van der Waals surface area contributed by atoms with Crippen LogP contribution in [0, 0.1) is 0 Å². The quantitative estimate of drug-likeness (QED) is 0.905. The van der Waals surface area contributed by atoms with Gasteiger partial charge in [-0.25, -0.2) is 14.2 Å². The molecule has 20 heavy (non-hydrogen) atoms. The number of nitrogens with zero attached hydrogens (tertiary/aromatic N) is 3. The molecule has 1 N–H and O–H groups in total. The molecular formula is C13H19FN4O2. The van der Waals surface area contributed by atoms with Gasteiger partial charge in [0.05, 0.1) is 9.07 Å². The predicted octanol–water partition coefficient (Wildman–Crippen LogP) is 1.34. The highest BCUT2D eigenvalue weighted by Gasteiger charge is 2.15. The van der Waals surface area contributed by atoms with Crippen molar-refractivity contribution in [3.05, 3.63) is 27.2 Å². The predicted molar refractivity (Wildman–Crippen MR) is 74.6 cm³/mol. The van der Waals surface area contributed by atoms with Crippen LogP contribution in [0.3, 0.4) is 0 Å². The minimum absolute atomic E-state index is 0.220. The Hall–Kier alpha value is -1.92. The first-order chi connectivity index (χ1) is 16.0. The summed E-state index contributed by atoms with van der Waals surface area (Å²) in [6, 6.07) is 0. The van der Waals surface area contributed by atoms with Crippen LogP contribution in [0.15, 0.2) is 15.9 Å². The molecule has 6 nitrogen and oxygen atoms in total. The molecule has 0 amide bonds. The monoisotopic (exact) mass is 299 g/mol. The molecule has 2 heterocycles. The fourth-order valence-electron chi connectivity index (χ4n) is 1.30. The van der Waals surface area contributed by atoms with Gasteiger partial charge in [-0.05, 0) is 32.8 Å². The molecule has 0 aliphatic carbocycles. The maximum absolute atomic E-state index is 15.7. The van der Waals surface area contributed by atoms with Crippen molar-refractivity contribution in [2.75, 3.05) is 0 Å². The highest BCUT2D eigenvalue weighted by molar-refractivity contribution is 5.68. The topological polar surface area (TPSA) is 72.7 Å². The van der Waals surface area contributed by atoms with Gasteiger partial charge >= 0.3 is 5.69 Å². The molecule has 0 aliphatic heterocycles. The van der Waals surface area contributed by atoms with Crippen LogP contribution in [0.2, 0.25) is 0 Å². The van der Waals surface area contributed by atoms with Gasteiger partial charge in [-0.15, -0.1) is 0 Å². The van der Waals surface area contributed by atoms with E-state index >= 15 is 4.39 Å². The number of rotatable bonds is 5. The zero-order chi connectivity index (χ0) is 29.6. The number of alkyl halides is 1. The number of H-pyrrole nitrogens is 1. The molecule has 0 unspecified atom stereocenters. The lowest BCUT2D eigenvalue weighted by atomic mass is 10.0. The van der Waals surface area contributed by atoms with E-state index in [1.54, 1.807) is 0 Å². The van der Waals surface area contributed by atoms with Gasteiger partial charge in [-0.2, -0.15) is 0 Å². The van der Waals surface area contributed by atoms with Crippen LogP contribution in [0.5, 0.6) is 0 Å². The number of hydrogen-bond acceptors (Lipinski definition) is 3. The summed E-state index contributed by atoms with van der Waals surface area (Å²) in [6.07, 6.45) is -13.6. The molecule has 2 aromatic rings. The van der Waals surface area contributed by atoms with Crippen molar-refractivity contribution in [1.29, 1.82) is 0 Å². The van der Waals surface area contributed by atoms with E-state index in [9.17, 15) is 9.59 Å². The summed E-state index contributed by atoms with van der Waals surface area (Å²) >= 11 is 0.